The number of piperazine rings is 1. The van der Waals surface area contributed by atoms with Crippen molar-refractivity contribution in [1.82, 2.24) is 13.5 Å². The predicted octanol–water partition coefficient (Wildman–Crippen LogP) is -1.42. The van der Waals surface area contributed by atoms with Crippen LogP contribution in [-0.2, 0) is 19.7 Å². The Morgan fingerprint density at radius 1 is 1.24 bits per heavy atom. The summed E-state index contributed by atoms with van der Waals surface area (Å²) in [5.74, 6) is -0.102. The number of carbonyl (C=O) groups excluding carboxylic acids is 1. The fourth-order valence-corrected chi connectivity index (χ4v) is 2.70. The van der Waals surface area contributed by atoms with Crippen molar-refractivity contribution in [2.24, 2.45) is 0 Å². The monoisotopic (exact) mass is 265 g/mol. The van der Waals surface area contributed by atoms with E-state index in [4.69, 9.17) is 4.74 Å². The van der Waals surface area contributed by atoms with Crippen molar-refractivity contribution >= 4 is 16.1 Å². The molecule has 0 bridgehead atoms. The molecule has 1 amide bonds. The van der Waals surface area contributed by atoms with Crippen molar-refractivity contribution in [2.45, 2.75) is 0 Å². The van der Waals surface area contributed by atoms with Crippen molar-refractivity contribution in [3.8, 4) is 0 Å². The molecule has 0 aliphatic carbocycles. The Morgan fingerprint density at radius 2 is 1.76 bits per heavy atom. The molecular weight excluding hydrogens is 246 g/mol. The van der Waals surface area contributed by atoms with Gasteiger partial charge in [-0.1, -0.05) is 0 Å². The molecule has 0 atom stereocenters. The van der Waals surface area contributed by atoms with Gasteiger partial charge in [-0.2, -0.15) is 17.0 Å². The summed E-state index contributed by atoms with van der Waals surface area (Å²) in [6.07, 6.45) is 0. The number of ether oxygens (including phenoxy) is 1. The molecule has 1 heterocycles. The Bertz CT molecular complexity index is 360. The largest absolute Gasteiger partial charge is 0.375 e. The topological polar surface area (TPSA) is 70.2 Å². The summed E-state index contributed by atoms with van der Waals surface area (Å²) in [5.41, 5.74) is 0. The van der Waals surface area contributed by atoms with E-state index in [1.165, 1.54) is 29.8 Å². The summed E-state index contributed by atoms with van der Waals surface area (Å²) < 4.78 is 30.9. The van der Waals surface area contributed by atoms with Crippen LogP contribution in [0.2, 0.25) is 0 Å². The number of nitrogens with zero attached hydrogens (tertiary/aromatic N) is 3. The van der Waals surface area contributed by atoms with E-state index >= 15 is 0 Å². The van der Waals surface area contributed by atoms with Crippen LogP contribution in [0.25, 0.3) is 0 Å². The predicted molar refractivity (Wildman–Crippen MR) is 62.6 cm³/mol. The molecule has 0 saturated carbocycles. The average molecular weight is 265 g/mol. The third-order valence-corrected chi connectivity index (χ3v) is 4.59. The van der Waals surface area contributed by atoms with E-state index in [0.717, 1.165) is 0 Å². The smallest absolute Gasteiger partial charge is 0.281 e. The molecule has 100 valence electrons. The minimum atomic E-state index is -3.36. The highest BCUT2D eigenvalue weighted by Gasteiger charge is 2.29. The highest BCUT2D eigenvalue weighted by atomic mass is 32.2. The van der Waals surface area contributed by atoms with Crippen LogP contribution in [0.15, 0.2) is 0 Å². The molecule has 17 heavy (non-hydrogen) atoms. The highest BCUT2D eigenvalue weighted by molar-refractivity contribution is 7.86. The summed E-state index contributed by atoms with van der Waals surface area (Å²) >= 11 is 0. The van der Waals surface area contributed by atoms with Gasteiger partial charge < -0.3 is 9.64 Å². The first-order valence-corrected chi connectivity index (χ1v) is 6.73. The summed E-state index contributed by atoms with van der Waals surface area (Å²) in [5, 5.41) is 0. The Labute approximate surface area is 102 Å². The van der Waals surface area contributed by atoms with E-state index in [1.807, 2.05) is 0 Å². The minimum absolute atomic E-state index is 0.0421. The van der Waals surface area contributed by atoms with Crippen LogP contribution >= 0.6 is 0 Å². The lowest BCUT2D eigenvalue weighted by atomic mass is 10.3. The molecule has 8 heteroatoms. The van der Waals surface area contributed by atoms with Gasteiger partial charge in [0.15, 0.2) is 0 Å². The van der Waals surface area contributed by atoms with Gasteiger partial charge in [0.25, 0.3) is 10.2 Å². The fraction of sp³-hybridized carbons (Fsp3) is 0.889. The van der Waals surface area contributed by atoms with Crippen molar-refractivity contribution in [2.75, 3.05) is 54.0 Å². The molecule has 1 fully saturated rings. The van der Waals surface area contributed by atoms with Gasteiger partial charge in [-0.25, -0.2) is 0 Å². The molecule has 0 unspecified atom stereocenters. The molecule has 0 aromatic rings. The van der Waals surface area contributed by atoms with E-state index in [2.05, 4.69) is 0 Å². The van der Waals surface area contributed by atoms with Crippen molar-refractivity contribution in [3.63, 3.8) is 0 Å². The van der Waals surface area contributed by atoms with Gasteiger partial charge in [-0.15, -0.1) is 0 Å². The van der Waals surface area contributed by atoms with Crippen LogP contribution < -0.4 is 0 Å². The number of rotatable bonds is 4. The highest BCUT2D eigenvalue weighted by Crippen LogP contribution is 2.09. The molecule has 1 aliphatic rings. The van der Waals surface area contributed by atoms with E-state index in [1.54, 1.807) is 4.90 Å². The molecule has 1 aliphatic heterocycles. The Balaban J connectivity index is 2.54. The maximum Gasteiger partial charge on any atom is 0.281 e. The average Bonchev–Trinajstić information content (AvgIpc) is 2.29. The van der Waals surface area contributed by atoms with Crippen molar-refractivity contribution < 1.29 is 17.9 Å². The van der Waals surface area contributed by atoms with Crippen LogP contribution in [0.4, 0.5) is 0 Å². The molecular formula is C9H19N3O4S. The Kier molecular flexibility index (Phi) is 4.87. The standard InChI is InChI=1S/C9H19N3O4S/c1-10(2)17(14,15)12-6-4-11(5-7-12)9(13)8-16-3/h4-8H2,1-3H3. The van der Waals surface area contributed by atoms with Crippen LogP contribution in [0, 0.1) is 0 Å². The minimum Gasteiger partial charge on any atom is -0.375 e. The van der Waals surface area contributed by atoms with Crippen LogP contribution in [0.5, 0.6) is 0 Å². The Hall–Kier alpha value is -0.700. The summed E-state index contributed by atoms with van der Waals surface area (Å²) in [4.78, 5) is 13.1. The molecule has 0 spiro atoms. The second kappa shape index (κ2) is 5.76. The quantitative estimate of drug-likeness (QED) is 0.626. The second-order valence-electron chi connectivity index (χ2n) is 4.00. The lowest BCUT2D eigenvalue weighted by Gasteiger charge is -2.35. The Morgan fingerprint density at radius 3 is 2.18 bits per heavy atom. The summed E-state index contributed by atoms with van der Waals surface area (Å²) in [7, 11) is 1.09. The summed E-state index contributed by atoms with van der Waals surface area (Å²) in [6.45, 7) is 1.52. The lowest BCUT2D eigenvalue weighted by molar-refractivity contribution is -0.136. The normalized spacial score (nSPS) is 18.7. The first kappa shape index (κ1) is 14.4. The van der Waals surface area contributed by atoms with E-state index < -0.39 is 10.2 Å². The SMILES string of the molecule is COCC(=O)N1CCN(S(=O)(=O)N(C)C)CC1. The number of hydrogen-bond donors (Lipinski definition) is 0. The number of carbonyl (C=O) groups is 1. The summed E-state index contributed by atoms with van der Waals surface area (Å²) in [6, 6.07) is 0. The second-order valence-corrected chi connectivity index (χ2v) is 6.15. The fourth-order valence-electron chi connectivity index (χ4n) is 1.61. The molecule has 0 radical (unpaired) electrons. The molecule has 7 nitrogen and oxygen atoms in total. The van der Waals surface area contributed by atoms with Gasteiger partial charge in [0.1, 0.15) is 6.61 Å². The zero-order chi connectivity index (χ0) is 13.1. The van der Waals surface area contributed by atoms with Crippen LogP contribution in [-0.4, -0.2) is 81.8 Å². The third kappa shape index (κ3) is 3.38. The van der Waals surface area contributed by atoms with Gasteiger partial charge in [-0.3, -0.25) is 4.79 Å². The number of methoxy groups -OCH3 is 1. The maximum absolute atomic E-state index is 11.8. The number of hydrogen-bond acceptors (Lipinski definition) is 4. The van der Waals surface area contributed by atoms with Gasteiger partial charge >= 0.3 is 0 Å². The third-order valence-electron chi connectivity index (χ3n) is 2.65. The molecule has 0 aromatic carbocycles. The van der Waals surface area contributed by atoms with Gasteiger partial charge in [-0.05, 0) is 0 Å². The van der Waals surface area contributed by atoms with E-state index in [9.17, 15) is 13.2 Å². The zero-order valence-electron chi connectivity index (χ0n) is 10.4. The number of amides is 1. The van der Waals surface area contributed by atoms with E-state index in [0.29, 0.717) is 26.2 Å². The molecule has 0 N–H and O–H groups in total. The van der Waals surface area contributed by atoms with Crippen molar-refractivity contribution in [1.29, 1.82) is 0 Å². The van der Waals surface area contributed by atoms with Crippen molar-refractivity contribution in [3.05, 3.63) is 0 Å². The van der Waals surface area contributed by atoms with Crippen LogP contribution in [0.3, 0.4) is 0 Å². The van der Waals surface area contributed by atoms with Crippen LogP contribution in [0.1, 0.15) is 0 Å². The lowest BCUT2D eigenvalue weighted by Crippen LogP contribution is -2.53. The first-order valence-electron chi connectivity index (χ1n) is 5.34. The first-order chi connectivity index (χ1) is 7.89. The zero-order valence-corrected chi connectivity index (χ0v) is 11.2. The molecule has 1 rings (SSSR count). The van der Waals surface area contributed by atoms with Gasteiger partial charge in [0, 0.05) is 47.4 Å². The molecule has 0 aromatic heterocycles. The van der Waals surface area contributed by atoms with E-state index in [-0.39, 0.29) is 12.5 Å². The maximum atomic E-state index is 11.8. The van der Waals surface area contributed by atoms with Gasteiger partial charge in [0.05, 0.1) is 0 Å². The van der Waals surface area contributed by atoms with Gasteiger partial charge in [0.2, 0.25) is 5.91 Å². The molecule has 1 saturated heterocycles.